The molecule has 35 heavy (non-hydrogen) atoms. The van der Waals surface area contributed by atoms with Crippen LogP contribution < -0.4 is 0 Å². The van der Waals surface area contributed by atoms with Crippen molar-refractivity contribution in [2.24, 2.45) is 0 Å². The van der Waals surface area contributed by atoms with Gasteiger partial charge in [-0.05, 0) is 30.5 Å². The molecule has 2 aliphatic rings. The molecule has 2 fully saturated rings. The van der Waals surface area contributed by atoms with Crippen molar-refractivity contribution in [1.82, 2.24) is 19.9 Å². The lowest BCUT2D eigenvalue weighted by molar-refractivity contribution is -0.134. The zero-order valence-electron chi connectivity index (χ0n) is 19.7. The molecule has 0 radical (unpaired) electrons. The molecule has 3 heterocycles. The van der Waals surface area contributed by atoms with Gasteiger partial charge in [-0.25, -0.2) is 0 Å². The van der Waals surface area contributed by atoms with E-state index in [0.717, 1.165) is 36.8 Å². The molecule has 8 nitrogen and oxygen atoms in total. The van der Waals surface area contributed by atoms with E-state index in [9.17, 15) is 9.59 Å². The van der Waals surface area contributed by atoms with E-state index in [4.69, 9.17) is 9.26 Å². The number of rotatable bonds is 6. The molecule has 0 spiro atoms. The van der Waals surface area contributed by atoms with Crippen molar-refractivity contribution >= 4 is 11.8 Å². The number of carbonyl (C=O) groups is 2. The summed E-state index contributed by atoms with van der Waals surface area (Å²) in [6, 6.07) is 15.2. The third kappa shape index (κ3) is 5.59. The Hall–Kier alpha value is -3.52. The fraction of sp³-hybridized carbons (Fsp3) is 0.407. The minimum absolute atomic E-state index is 0.0119. The average Bonchev–Trinajstić information content (AvgIpc) is 3.34. The normalized spacial score (nSPS) is 19.5. The molecule has 1 aliphatic heterocycles. The van der Waals surface area contributed by atoms with Crippen LogP contribution in [0.4, 0.5) is 0 Å². The van der Waals surface area contributed by atoms with Gasteiger partial charge in [0.2, 0.25) is 5.91 Å². The minimum atomic E-state index is -0.327. The fourth-order valence-corrected chi connectivity index (χ4v) is 4.92. The van der Waals surface area contributed by atoms with Crippen molar-refractivity contribution < 1.29 is 18.8 Å². The highest BCUT2D eigenvalue weighted by Crippen LogP contribution is 2.26. The van der Waals surface area contributed by atoms with Crippen LogP contribution in [-0.2, 0) is 16.1 Å². The van der Waals surface area contributed by atoms with Crippen LogP contribution in [0.25, 0.3) is 11.3 Å². The Morgan fingerprint density at radius 2 is 1.80 bits per heavy atom. The molecule has 3 aromatic rings. The highest BCUT2D eigenvalue weighted by atomic mass is 16.5. The first kappa shape index (κ1) is 23.2. The number of hydrogen-bond donors (Lipinski definition) is 0. The molecule has 1 saturated heterocycles. The summed E-state index contributed by atoms with van der Waals surface area (Å²) in [7, 11) is 0. The number of hydrogen-bond acceptors (Lipinski definition) is 6. The van der Waals surface area contributed by atoms with Gasteiger partial charge in [0, 0.05) is 43.2 Å². The zero-order valence-corrected chi connectivity index (χ0v) is 19.7. The van der Waals surface area contributed by atoms with Gasteiger partial charge in [0.25, 0.3) is 5.91 Å². The topological polar surface area (TPSA) is 88.8 Å². The quantitative estimate of drug-likeness (QED) is 0.538. The maximum absolute atomic E-state index is 13.4. The van der Waals surface area contributed by atoms with E-state index in [1.54, 1.807) is 23.4 Å². The van der Waals surface area contributed by atoms with Crippen LogP contribution >= 0.6 is 0 Å². The second kappa shape index (κ2) is 10.8. The number of amides is 2. The standard InChI is InChI=1S/C27H30N4O4/c32-26-18-30(27(33)24-15-25(35-29-24)21-7-3-1-4-8-21)16-23(34-19-20-11-13-28-14-12-20)17-31(26)22-9-5-2-6-10-22/h1,3-4,7-8,11-15,22-23H,2,5-6,9-10,16-19H2/t23-/m1/s1. The highest BCUT2D eigenvalue weighted by molar-refractivity contribution is 5.96. The molecular formula is C27H30N4O4. The molecule has 5 rings (SSSR count). The summed E-state index contributed by atoms with van der Waals surface area (Å²) in [5.41, 5.74) is 2.03. The molecule has 1 aromatic carbocycles. The molecule has 2 amide bonds. The summed E-state index contributed by atoms with van der Waals surface area (Å²) in [4.78, 5) is 34.3. The number of carbonyl (C=O) groups excluding carboxylic acids is 2. The predicted octanol–water partition coefficient (Wildman–Crippen LogP) is 3.94. The maximum Gasteiger partial charge on any atom is 0.276 e. The summed E-state index contributed by atoms with van der Waals surface area (Å²) in [5, 5.41) is 4.01. The SMILES string of the molecule is O=C(c1cc(-c2ccccc2)on1)N1CC(=O)N(C2CCCCC2)C[C@H](OCc2ccncc2)C1. The summed E-state index contributed by atoms with van der Waals surface area (Å²) in [6.45, 7) is 1.20. The lowest BCUT2D eigenvalue weighted by Crippen LogP contribution is -2.46. The Labute approximate surface area is 204 Å². The van der Waals surface area contributed by atoms with Crippen LogP contribution in [0.1, 0.15) is 48.2 Å². The van der Waals surface area contributed by atoms with Crippen LogP contribution in [0.2, 0.25) is 0 Å². The first-order valence-corrected chi connectivity index (χ1v) is 12.3. The molecule has 1 aliphatic carbocycles. The minimum Gasteiger partial charge on any atom is -0.370 e. The third-order valence-corrected chi connectivity index (χ3v) is 6.80. The van der Waals surface area contributed by atoms with Gasteiger partial charge in [-0.1, -0.05) is 54.8 Å². The molecule has 2 aromatic heterocycles. The van der Waals surface area contributed by atoms with Gasteiger partial charge >= 0.3 is 0 Å². The number of benzene rings is 1. The van der Waals surface area contributed by atoms with Crippen molar-refractivity contribution in [2.45, 2.75) is 50.9 Å². The monoisotopic (exact) mass is 474 g/mol. The van der Waals surface area contributed by atoms with Crippen molar-refractivity contribution in [1.29, 1.82) is 0 Å². The maximum atomic E-state index is 13.4. The summed E-state index contributed by atoms with van der Waals surface area (Å²) >= 11 is 0. The third-order valence-electron chi connectivity index (χ3n) is 6.80. The van der Waals surface area contributed by atoms with Gasteiger partial charge in [0.15, 0.2) is 11.5 Å². The molecule has 1 atom stereocenters. The van der Waals surface area contributed by atoms with E-state index in [0.29, 0.717) is 25.5 Å². The number of nitrogens with zero attached hydrogens (tertiary/aromatic N) is 4. The predicted molar refractivity (Wildman–Crippen MR) is 129 cm³/mol. The van der Waals surface area contributed by atoms with E-state index in [2.05, 4.69) is 10.1 Å². The van der Waals surface area contributed by atoms with Crippen molar-refractivity contribution in [3.63, 3.8) is 0 Å². The smallest absolute Gasteiger partial charge is 0.276 e. The van der Waals surface area contributed by atoms with E-state index in [-0.39, 0.29) is 36.2 Å². The van der Waals surface area contributed by atoms with E-state index in [1.807, 2.05) is 47.4 Å². The van der Waals surface area contributed by atoms with Crippen LogP contribution in [0, 0.1) is 0 Å². The Morgan fingerprint density at radius 3 is 2.57 bits per heavy atom. The first-order chi connectivity index (χ1) is 17.2. The van der Waals surface area contributed by atoms with Crippen molar-refractivity contribution in [2.75, 3.05) is 19.6 Å². The lowest BCUT2D eigenvalue weighted by Gasteiger charge is -2.34. The van der Waals surface area contributed by atoms with E-state index in [1.165, 1.54) is 6.42 Å². The molecule has 182 valence electrons. The van der Waals surface area contributed by atoms with Crippen LogP contribution in [0.5, 0.6) is 0 Å². The highest BCUT2D eigenvalue weighted by Gasteiger charge is 2.36. The molecule has 0 unspecified atom stereocenters. The number of pyridine rings is 1. The summed E-state index contributed by atoms with van der Waals surface area (Å²) in [5.74, 6) is 0.156. The van der Waals surface area contributed by atoms with Gasteiger partial charge in [0.1, 0.15) is 6.54 Å². The number of ether oxygens (including phenoxy) is 1. The molecule has 8 heteroatoms. The molecular weight excluding hydrogens is 444 g/mol. The first-order valence-electron chi connectivity index (χ1n) is 12.3. The van der Waals surface area contributed by atoms with Gasteiger partial charge in [-0.15, -0.1) is 0 Å². The fourth-order valence-electron chi connectivity index (χ4n) is 4.92. The largest absolute Gasteiger partial charge is 0.370 e. The summed E-state index contributed by atoms with van der Waals surface area (Å²) < 4.78 is 11.7. The van der Waals surface area contributed by atoms with E-state index >= 15 is 0 Å². The summed E-state index contributed by atoms with van der Waals surface area (Å²) in [6.07, 6.45) is 8.62. The van der Waals surface area contributed by atoms with Gasteiger partial charge < -0.3 is 19.1 Å². The van der Waals surface area contributed by atoms with Crippen LogP contribution in [0.3, 0.4) is 0 Å². The molecule has 0 N–H and O–H groups in total. The Bertz CT molecular complexity index is 1130. The van der Waals surface area contributed by atoms with E-state index < -0.39 is 0 Å². The van der Waals surface area contributed by atoms with Gasteiger partial charge in [-0.3, -0.25) is 14.6 Å². The van der Waals surface area contributed by atoms with Gasteiger partial charge in [-0.2, -0.15) is 0 Å². The Kier molecular flexibility index (Phi) is 7.18. The zero-order chi connectivity index (χ0) is 24.0. The second-order valence-electron chi connectivity index (χ2n) is 9.25. The van der Waals surface area contributed by atoms with Crippen LogP contribution in [-0.4, -0.2) is 63.5 Å². The Morgan fingerprint density at radius 1 is 1.03 bits per heavy atom. The number of aromatic nitrogens is 2. The lowest BCUT2D eigenvalue weighted by atomic mass is 9.94. The molecule has 1 saturated carbocycles. The second-order valence-corrected chi connectivity index (χ2v) is 9.25. The van der Waals surface area contributed by atoms with Crippen molar-refractivity contribution in [3.05, 3.63) is 72.2 Å². The Balaban J connectivity index is 1.35. The molecule has 0 bridgehead atoms. The van der Waals surface area contributed by atoms with Crippen LogP contribution in [0.15, 0.2) is 65.4 Å². The van der Waals surface area contributed by atoms with Gasteiger partial charge in [0.05, 0.1) is 12.7 Å². The van der Waals surface area contributed by atoms with Crippen molar-refractivity contribution in [3.8, 4) is 11.3 Å². The average molecular weight is 475 g/mol.